The minimum atomic E-state index is -1.06. The van der Waals surface area contributed by atoms with Crippen LogP contribution in [0.15, 0.2) is 36.2 Å². The number of aromatic nitrogens is 4. The van der Waals surface area contributed by atoms with Crippen molar-refractivity contribution in [2.45, 2.75) is 46.3 Å². The average Bonchev–Trinajstić information content (AvgIpc) is 3.29. The fourth-order valence-electron chi connectivity index (χ4n) is 4.45. The second-order valence-corrected chi connectivity index (χ2v) is 8.97. The van der Waals surface area contributed by atoms with E-state index in [2.05, 4.69) is 33.4 Å². The number of allylic oxidation sites excluding steroid dienone is 1. The molecule has 0 saturated carbocycles. The second kappa shape index (κ2) is 7.54. The first-order valence-corrected chi connectivity index (χ1v) is 10.9. The van der Waals surface area contributed by atoms with Crippen LogP contribution in [-0.2, 0) is 10.4 Å². The van der Waals surface area contributed by atoms with E-state index in [1.807, 2.05) is 32.0 Å². The van der Waals surface area contributed by atoms with Crippen molar-refractivity contribution in [1.82, 2.24) is 25.4 Å². The molecule has 1 unspecified atom stereocenters. The number of nitrogens with zero attached hydrogens (tertiary/aromatic N) is 3. The smallest absolute Gasteiger partial charge is 0.142 e. The zero-order chi connectivity index (χ0) is 23.5. The second-order valence-electron chi connectivity index (χ2n) is 8.97. The van der Waals surface area contributed by atoms with Crippen LogP contribution in [0.4, 0.5) is 0 Å². The van der Waals surface area contributed by atoms with Gasteiger partial charge in [-0.15, -0.1) is 5.48 Å². The predicted octanol–water partition coefficient (Wildman–Crippen LogP) is 4.37. The van der Waals surface area contributed by atoms with Gasteiger partial charge in [-0.2, -0.15) is 0 Å². The van der Waals surface area contributed by atoms with Crippen LogP contribution in [0.1, 0.15) is 44.8 Å². The number of pyridine rings is 1. The molecule has 8 nitrogen and oxygen atoms in total. The molecule has 33 heavy (non-hydrogen) atoms. The van der Waals surface area contributed by atoms with Gasteiger partial charge in [0.2, 0.25) is 0 Å². The molecule has 5 rings (SSSR count). The molecule has 0 radical (unpaired) electrons. The molecule has 3 aromatic heterocycles. The number of H-pyrrole nitrogens is 1. The number of methoxy groups -OCH3 is 1. The number of hydrogen-bond acceptors (Lipinski definition) is 7. The van der Waals surface area contributed by atoms with Gasteiger partial charge in [0.25, 0.3) is 0 Å². The van der Waals surface area contributed by atoms with E-state index in [1.54, 1.807) is 27.2 Å². The zero-order valence-corrected chi connectivity index (χ0v) is 19.6. The Hall–Kier alpha value is -3.49. The van der Waals surface area contributed by atoms with E-state index in [0.717, 1.165) is 55.8 Å². The largest absolute Gasteiger partial charge is 0.496 e. The number of rotatable bonds is 4. The van der Waals surface area contributed by atoms with Crippen molar-refractivity contribution in [3.63, 3.8) is 0 Å². The summed E-state index contributed by atoms with van der Waals surface area (Å²) in [5, 5.41) is 12.3. The third-order valence-electron chi connectivity index (χ3n) is 6.03. The van der Waals surface area contributed by atoms with E-state index in [-0.39, 0.29) is 6.04 Å². The van der Waals surface area contributed by atoms with Gasteiger partial charge in [0.05, 0.1) is 29.9 Å². The molecule has 0 saturated heterocycles. The molecule has 3 N–H and O–H groups in total. The summed E-state index contributed by atoms with van der Waals surface area (Å²) in [5.74, 6) is 2.22. The van der Waals surface area contributed by atoms with Crippen LogP contribution >= 0.6 is 0 Å². The Bertz CT molecular complexity index is 1430. The lowest BCUT2D eigenvalue weighted by Crippen LogP contribution is -2.19. The molecule has 1 aromatic carbocycles. The summed E-state index contributed by atoms with van der Waals surface area (Å²) in [6.45, 7) is 9.30. The van der Waals surface area contributed by atoms with Crippen molar-refractivity contribution in [2.24, 2.45) is 0 Å². The van der Waals surface area contributed by atoms with Gasteiger partial charge in [-0.3, -0.25) is 4.98 Å². The van der Waals surface area contributed by atoms with Gasteiger partial charge in [0, 0.05) is 33.8 Å². The molecule has 4 heterocycles. The van der Waals surface area contributed by atoms with E-state index in [1.165, 1.54) is 0 Å². The zero-order valence-electron chi connectivity index (χ0n) is 19.6. The van der Waals surface area contributed by atoms with Gasteiger partial charge in [0.15, 0.2) is 0 Å². The number of ether oxygens (including phenoxy) is 1. The first-order chi connectivity index (χ1) is 15.7. The third-order valence-corrected chi connectivity index (χ3v) is 6.03. The number of aryl methyl sites for hydroxylation is 1. The molecule has 0 bridgehead atoms. The van der Waals surface area contributed by atoms with Gasteiger partial charge in [-0.25, -0.2) is 9.97 Å². The van der Waals surface area contributed by atoms with Crippen LogP contribution in [0.2, 0.25) is 0 Å². The average molecular weight is 446 g/mol. The molecule has 8 heteroatoms. The number of aromatic amines is 1. The lowest BCUT2D eigenvalue weighted by molar-refractivity contribution is 0.0739. The Kier molecular flexibility index (Phi) is 4.88. The van der Waals surface area contributed by atoms with E-state index < -0.39 is 5.60 Å². The third kappa shape index (κ3) is 3.51. The molecular weight excluding hydrogens is 418 g/mol. The van der Waals surface area contributed by atoms with Crippen LogP contribution in [-0.4, -0.2) is 38.2 Å². The van der Waals surface area contributed by atoms with Crippen molar-refractivity contribution < 1.29 is 14.7 Å². The Morgan fingerprint density at radius 3 is 2.61 bits per heavy atom. The van der Waals surface area contributed by atoms with E-state index in [0.29, 0.717) is 11.5 Å². The number of nitrogens with one attached hydrogen (secondary N) is 2. The van der Waals surface area contributed by atoms with Gasteiger partial charge in [-0.1, -0.05) is 0 Å². The first-order valence-electron chi connectivity index (χ1n) is 10.9. The summed E-state index contributed by atoms with van der Waals surface area (Å²) < 4.78 is 5.80. The number of hydroxylamine groups is 1. The molecule has 4 aromatic rings. The van der Waals surface area contributed by atoms with Crippen LogP contribution in [0, 0.1) is 6.92 Å². The van der Waals surface area contributed by atoms with Gasteiger partial charge < -0.3 is 19.7 Å². The molecule has 170 valence electrons. The summed E-state index contributed by atoms with van der Waals surface area (Å²) in [7, 11) is 1.67. The summed E-state index contributed by atoms with van der Waals surface area (Å²) in [5.41, 5.74) is 7.86. The Morgan fingerprint density at radius 1 is 1.15 bits per heavy atom. The van der Waals surface area contributed by atoms with Gasteiger partial charge >= 0.3 is 0 Å². The Morgan fingerprint density at radius 2 is 1.94 bits per heavy atom. The monoisotopic (exact) mass is 445 g/mol. The van der Waals surface area contributed by atoms with Crippen LogP contribution < -0.4 is 10.2 Å². The maximum absolute atomic E-state index is 10.5. The number of hydrogen-bond donors (Lipinski definition) is 3. The highest BCUT2D eigenvalue weighted by Gasteiger charge is 2.27. The minimum absolute atomic E-state index is 0.0374. The van der Waals surface area contributed by atoms with Crippen molar-refractivity contribution in [3.05, 3.63) is 53.3 Å². The molecular formula is C25H27N5O3. The quantitative estimate of drug-likeness (QED) is 0.428. The van der Waals surface area contributed by atoms with Crippen molar-refractivity contribution >= 4 is 27.5 Å². The fourth-order valence-corrected chi connectivity index (χ4v) is 4.45. The van der Waals surface area contributed by atoms with E-state index in [9.17, 15) is 5.11 Å². The van der Waals surface area contributed by atoms with Crippen molar-refractivity contribution in [3.8, 4) is 17.0 Å². The summed E-state index contributed by atoms with van der Waals surface area (Å²) in [6, 6.07) is 7.92. The Balaban J connectivity index is 1.80. The van der Waals surface area contributed by atoms with Crippen LogP contribution in [0.5, 0.6) is 5.75 Å². The lowest BCUT2D eigenvalue weighted by atomic mass is 9.96. The summed E-state index contributed by atoms with van der Waals surface area (Å²) in [4.78, 5) is 22.8. The Labute approximate surface area is 191 Å². The fraction of sp³-hybridized carbons (Fsp3) is 0.320. The normalized spacial score (nSPS) is 16.6. The number of fused-ring (bicyclic) bond motifs is 3. The highest BCUT2D eigenvalue weighted by Crippen LogP contribution is 2.40. The molecule has 0 amide bonds. The SMILES string of the molecule is COc1cc2c(cc1C1=C(C)ONC1C)[nH]c1nc(C)nc(-c3ccnc(C(C)(C)O)c3)c12. The molecule has 1 atom stereocenters. The van der Waals surface area contributed by atoms with Crippen LogP contribution in [0.3, 0.4) is 0 Å². The molecule has 0 aliphatic carbocycles. The maximum atomic E-state index is 10.5. The molecule has 0 spiro atoms. The standard InChI is InChI=1S/C25H27N5O3/c1-12-21(13(2)33-30-12)17-10-18-16(11-19(17)32-6)22-23(27-14(3)28-24(22)29-18)15-7-8-26-20(9-15)25(4,5)31/h7-12,30-31H,1-6H3,(H,27,28,29). The predicted molar refractivity (Wildman–Crippen MR) is 127 cm³/mol. The number of aliphatic hydroxyl groups is 1. The van der Waals surface area contributed by atoms with E-state index >= 15 is 0 Å². The van der Waals surface area contributed by atoms with Crippen molar-refractivity contribution in [1.29, 1.82) is 0 Å². The lowest BCUT2D eigenvalue weighted by Gasteiger charge is -2.17. The maximum Gasteiger partial charge on any atom is 0.142 e. The number of benzene rings is 1. The first kappa shape index (κ1) is 21.4. The molecule has 1 aliphatic heterocycles. The van der Waals surface area contributed by atoms with Gasteiger partial charge in [-0.05, 0) is 58.9 Å². The topological polar surface area (TPSA) is 105 Å². The molecule has 0 fully saturated rings. The van der Waals surface area contributed by atoms with E-state index in [4.69, 9.17) is 14.6 Å². The molecule has 1 aliphatic rings. The van der Waals surface area contributed by atoms with Crippen LogP contribution in [0.25, 0.3) is 38.8 Å². The highest BCUT2D eigenvalue weighted by atomic mass is 16.7. The summed E-state index contributed by atoms with van der Waals surface area (Å²) in [6.07, 6.45) is 1.70. The van der Waals surface area contributed by atoms with Gasteiger partial charge in [0.1, 0.15) is 28.6 Å². The minimum Gasteiger partial charge on any atom is -0.496 e. The van der Waals surface area contributed by atoms with Crippen molar-refractivity contribution in [2.75, 3.05) is 7.11 Å². The highest BCUT2D eigenvalue weighted by molar-refractivity contribution is 6.13. The summed E-state index contributed by atoms with van der Waals surface area (Å²) >= 11 is 0.